The van der Waals surface area contributed by atoms with Crippen molar-refractivity contribution in [2.45, 2.75) is 19.8 Å². The zero-order chi connectivity index (χ0) is 16.7. The fraction of sp³-hybridized carbons (Fsp3) is 0.600. The van der Waals surface area contributed by atoms with Crippen LogP contribution in [0.4, 0.5) is 10.6 Å². The van der Waals surface area contributed by atoms with Crippen molar-refractivity contribution in [1.29, 1.82) is 0 Å². The van der Waals surface area contributed by atoms with Crippen LogP contribution in [-0.4, -0.2) is 50.6 Å². The van der Waals surface area contributed by atoms with E-state index >= 15 is 0 Å². The van der Waals surface area contributed by atoms with Crippen LogP contribution in [0.3, 0.4) is 0 Å². The number of hydrogen-bond donors (Lipinski definition) is 3. The third-order valence-corrected chi connectivity index (χ3v) is 5.57. The van der Waals surface area contributed by atoms with E-state index in [0.717, 1.165) is 24.3 Å². The van der Waals surface area contributed by atoms with Crippen molar-refractivity contribution in [2.75, 3.05) is 36.5 Å². The molecule has 1 aromatic rings. The van der Waals surface area contributed by atoms with Crippen molar-refractivity contribution in [3.05, 3.63) is 23.9 Å². The predicted molar refractivity (Wildman–Crippen MR) is 90.2 cm³/mol. The van der Waals surface area contributed by atoms with Crippen molar-refractivity contribution < 1.29 is 13.2 Å². The summed E-state index contributed by atoms with van der Waals surface area (Å²) in [6, 6.07) is 3.66. The lowest BCUT2D eigenvalue weighted by atomic mass is 10.1. The maximum Gasteiger partial charge on any atom is 0.314 e. The molecule has 0 aromatic carbocycles. The molecule has 0 aliphatic carbocycles. The number of amides is 2. The Hall–Kier alpha value is -1.83. The largest absolute Gasteiger partial charge is 0.370 e. The number of urea groups is 1. The van der Waals surface area contributed by atoms with Gasteiger partial charge < -0.3 is 16.0 Å². The summed E-state index contributed by atoms with van der Waals surface area (Å²) in [6.45, 7) is 3.67. The van der Waals surface area contributed by atoms with Crippen LogP contribution in [-0.2, 0) is 9.84 Å². The number of carbonyl (C=O) groups is 1. The first-order chi connectivity index (χ1) is 10.9. The fourth-order valence-electron chi connectivity index (χ4n) is 2.41. The first-order valence-corrected chi connectivity index (χ1v) is 9.65. The maximum atomic E-state index is 11.6. The third kappa shape index (κ3) is 6.43. The van der Waals surface area contributed by atoms with Gasteiger partial charge >= 0.3 is 6.03 Å². The van der Waals surface area contributed by atoms with Gasteiger partial charge in [0.1, 0.15) is 5.82 Å². The lowest BCUT2D eigenvalue weighted by Crippen LogP contribution is -2.39. The number of aryl methyl sites for hydroxylation is 1. The molecule has 0 spiro atoms. The number of hydrogen-bond acceptors (Lipinski definition) is 5. The first-order valence-electron chi connectivity index (χ1n) is 7.83. The molecule has 2 rings (SSSR count). The van der Waals surface area contributed by atoms with E-state index < -0.39 is 9.84 Å². The van der Waals surface area contributed by atoms with Crippen molar-refractivity contribution >= 4 is 21.7 Å². The standard InChI is InChI=1S/C15H24N4O3S/c1-12-3-4-14(18-9-12)16-6-2-7-17-15(20)19-10-13-5-8-23(21,22)11-13/h3-4,9,13H,2,5-8,10-11H2,1H3,(H,16,18)(H2,17,19,20). The Bertz CT molecular complexity index is 616. The lowest BCUT2D eigenvalue weighted by Gasteiger charge is -2.11. The summed E-state index contributed by atoms with van der Waals surface area (Å²) in [6.07, 6.45) is 3.22. The minimum Gasteiger partial charge on any atom is -0.370 e. The summed E-state index contributed by atoms with van der Waals surface area (Å²) in [7, 11) is -2.88. The number of anilines is 1. The Balaban J connectivity index is 1.52. The Morgan fingerprint density at radius 3 is 2.78 bits per heavy atom. The van der Waals surface area contributed by atoms with E-state index in [4.69, 9.17) is 0 Å². The summed E-state index contributed by atoms with van der Waals surface area (Å²) in [5.41, 5.74) is 1.11. The van der Waals surface area contributed by atoms with Crippen molar-refractivity contribution in [1.82, 2.24) is 15.6 Å². The highest BCUT2D eigenvalue weighted by Gasteiger charge is 2.27. The minimum atomic E-state index is -2.88. The molecule has 2 heterocycles. The summed E-state index contributed by atoms with van der Waals surface area (Å²) in [5, 5.41) is 8.67. The summed E-state index contributed by atoms with van der Waals surface area (Å²) in [4.78, 5) is 15.9. The Kier molecular flexibility index (Phi) is 6.20. The number of nitrogens with one attached hydrogen (secondary N) is 3. The van der Waals surface area contributed by atoms with E-state index in [2.05, 4.69) is 20.9 Å². The second kappa shape index (κ2) is 8.14. The van der Waals surface area contributed by atoms with Crippen LogP contribution in [0.1, 0.15) is 18.4 Å². The molecule has 0 bridgehead atoms. The molecule has 1 unspecified atom stereocenters. The SMILES string of the molecule is Cc1ccc(NCCCNC(=O)NCC2CCS(=O)(=O)C2)nc1. The van der Waals surface area contributed by atoms with Gasteiger partial charge in [0, 0.05) is 25.8 Å². The zero-order valence-corrected chi connectivity index (χ0v) is 14.2. The van der Waals surface area contributed by atoms with Gasteiger partial charge in [-0.05, 0) is 37.3 Å². The molecule has 0 saturated carbocycles. The van der Waals surface area contributed by atoms with Gasteiger partial charge in [-0.25, -0.2) is 18.2 Å². The van der Waals surface area contributed by atoms with Crippen LogP contribution in [0, 0.1) is 12.8 Å². The molecule has 1 aromatic heterocycles. The smallest absolute Gasteiger partial charge is 0.314 e. The molecule has 3 N–H and O–H groups in total. The molecule has 7 nitrogen and oxygen atoms in total. The Morgan fingerprint density at radius 1 is 1.30 bits per heavy atom. The molecule has 1 fully saturated rings. The summed E-state index contributed by atoms with van der Waals surface area (Å²) >= 11 is 0. The summed E-state index contributed by atoms with van der Waals surface area (Å²) < 4.78 is 22.6. The van der Waals surface area contributed by atoms with E-state index in [-0.39, 0.29) is 23.5 Å². The molecule has 1 aliphatic heterocycles. The summed E-state index contributed by atoms with van der Waals surface area (Å²) in [5.74, 6) is 1.28. The van der Waals surface area contributed by atoms with Crippen molar-refractivity contribution in [3.63, 3.8) is 0 Å². The van der Waals surface area contributed by atoms with Crippen molar-refractivity contribution in [3.8, 4) is 0 Å². The van der Waals surface area contributed by atoms with Crippen LogP contribution in [0.25, 0.3) is 0 Å². The highest BCUT2D eigenvalue weighted by Crippen LogP contribution is 2.17. The zero-order valence-electron chi connectivity index (χ0n) is 13.3. The van der Waals surface area contributed by atoms with Crippen LogP contribution >= 0.6 is 0 Å². The first kappa shape index (κ1) is 17.5. The second-order valence-corrected chi connectivity index (χ2v) is 8.14. The van der Waals surface area contributed by atoms with E-state index in [1.165, 1.54) is 0 Å². The maximum absolute atomic E-state index is 11.6. The molecular formula is C15H24N4O3S. The number of carbonyl (C=O) groups excluding carboxylic acids is 1. The lowest BCUT2D eigenvalue weighted by molar-refractivity contribution is 0.239. The number of rotatable bonds is 7. The predicted octanol–water partition coefficient (Wildman–Crippen LogP) is 0.926. The van der Waals surface area contributed by atoms with E-state index in [1.54, 1.807) is 6.20 Å². The van der Waals surface area contributed by atoms with E-state index in [1.807, 2.05) is 19.1 Å². The molecule has 8 heteroatoms. The number of sulfone groups is 1. The molecule has 23 heavy (non-hydrogen) atoms. The Morgan fingerprint density at radius 2 is 2.13 bits per heavy atom. The average molecular weight is 340 g/mol. The molecule has 1 saturated heterocycles. The van der Waals surface area contributed by atoms with Gasteiger partial charge in [0.2, 0.25) is 0 Å². The van der Waals surface area contributed by atoms with E-state index in [0.29, 0.717) is 19.5 Å². The fourth-order valence-corrected chi connectivity index (χ4v) is 4.27. The van der Waals surface area contributed by atoms with Gasteiger partial charge in [0.05, 0.1) is 11.5 Å². The molecule has 128 valence electrons. The van der Waals surface area contributed by atoms with Gasteiger partial charge in [-0.3, -0.25) is 0 Å². The van der Waals surface area contributed by atoms with Crippen LogP contribution in [0.15, 0.2) is 18.3 Å². The molecule has 1 aliphatic rings. The quantitative estimate of drug-likeness (QED) is 0.641. The molecule has 0 radical (unpaired) electrons. The van der Waals surface area contributed by atoms with Gasteiger partial charge in [-0.1, -0.05) is 6.07 Å². The number of nitrogens with zero attached hydrogens (tertiary/aromatic N) is 1. The van der Waals surface area contributed by atoms with E-state index in [9.17, 15) is 13.2 Å². The Labute approximate surface area is 137 Å². The molecule has 2 amide bonds. The second-order valence-electron chi connectivity index (χ2n) is 5.91. The molecular weight excluding hydrogens is 316 g/mol. The monoisotopic (exact) mass is 340 g/mol. The van der Waals surface area contributed by atoms with Crippen LogP contribution < -0.4 is 16.0 Å². The molecule has 1 atom stereocenters. The van der Waals surface area contributed by atoms with Crippen LogP contribution in [0.5, 0.6) is 0 Å². The number of pyridine rings is 1. The highest BCUT2D eigenvalue weighted by atomic mass is 32.2. The van der Waals surface area contributed by atoms with Gasteiger partial charge in [0.15, 0.2) is 9.84 Å². The average Bonchev–Trinajstić information content (AvgIpc) is 2.86. The number of aromatic nitrogens is 1. The van der Waals surface area contributed by atoms with Gasteiger partial charge in [-0.15, -0.1) is 0 Å². The third-order valence-electron chi connectivity index (χ3n) is 3.73. The van der Waals surface area contributed by atoms with Gasteiger partial charge in [0.25, 0.3) is 0 Å². The van der Waals surface area contributed by atoms with Crippen molar-refractivity contribution in [2.24, 2.45) is 5.92 Å². The minimum absolute atomic E-state index is 0.0417. The highest BCUT2D eigenvalue weighted by molar-refractivity contribution is 7.91. The van der Waals surface area contributed by atoms with Crippen LogP contribution in [0.2, 0.25) is 0 Å². The topological polar surface area (TPSA) is 100 Å². The van der Waals surface area contributed by atoms with Gasteiger partial charge in [-0.2, -0.15) is 0 Å². The normalized spacial score (nSPS) is 19.3.